The molecular weight excluding hydrogens is 744 g/mol. The van der Waals surface area contributed by atoms with Crippen molar-refractivity contribution in [3.63, 3.8) is 0 Å². The first-order valence-electron chi connectivity index (χ1n) is 21.7. The molecule has 6 aliphatic rings. The molecule has 0 saturated carbocycles. The second-order valence-corrected chi connectivity index (χ2v) is 17.7. The Labute approximate surface area is 340 Å². The predicted octanol–water partition coefficient (Wildman–Crippen LogP) is 3.11. The van der Waals surface area contributed by atoms with E-state index in [1.165, 1.54) is 0 Å². The molecule has 6 fully saturated rings. The van der Waals surface area contributed by atoms with Gasteiger partial charge in [0.25, 0.3) is 0 Å². The van der Waals surface area contributed by atoms with Crippen molar-refractivity contribution < 1.29 is 71.1 Å². The van der Waals surface area contributed by atoms with E-state index in [2.05, 4.69) is 27.7 Å². The summed E-state index contributed by atoms with van der Waals surface area (Å²) in [6, 6.07) is 0. The van der Waals surface area contributed by atoms with E-state index in [1.807, 2.05) is 0 Å². The highest BCUT2D eigenvalue weighted by molar-refractivity contribution is 4.86. The zero-order chi connectivity index (χ0) is 39.9. The molecule has 0 N–H and O–H groups in total. The van der Waals surface area contributed by atoms with Crippen LogP contribution in [0, 0.1) is 21.7 Å². The highest BCUT2D eigenvalue weighted by Gasteiger charge is 2.40. The van der Waals surface area contributed by atoms with Gasteiger partial charge in [-0.05, 0) is 25.7 Å². The van der Waals surface area contributed by atoms with Gasteiger partial charge in [0.1, 0.15) is 36.6 Å². The summed E-state index contributed by atoms with van der Waals surface area (Å²) < 4.78 is 89.7. The maximum Gasteiger partial charge on any atom is 0.104 e. The third kappa shape index (κ3) is 15.4. The molecule has 0 radical (unpaired) electrons. The quantitative estimate of drug-likeness (QED) is 0.0846. The molecule has 0 bridgehead atoms. The van der Waals surface area contributed by atoms with E-state index in [0.29, 0.717) is 99.1 Å². The fourth-order valence-corrected chi connectivity index (χ4v) is 6.87. The lowest BCUT2D eigenvalue weighted by molar-refractivity contribution is -0.168. The highest BCUT2D eigenvalue weighted by atomic mass is 16.6. The molecule has 0 aliphatic carbocycles. The van der Waals surface area contributed by atoms with Crippen LogP contribution in [0.3, 0.4) is 0 Å². The van der Waals surface area contributed by atoms with Crippen LogP contribution in [0.2, 0.25) is 0 Å². The SMILES string of the molecule is CCC(COCC(COCC1(CC)COC1)OC[C@@H]1CO1)(COCC(COCC1(CC)COC1)OC[C@H]1CO1)COC[C@H](COCC1(CC)COC1)OCC1CO1. The van der Waals surface area contributed by atoms with Gasteiger partial charge in [-0.2, -0.15) is 0 Å². The largest absolute Gasteiger partial charge is 0.380 e. The van der Waals surface area contributed by atoms with Crippen molar-refractivity contribution in [3.8, 4) is 0 Å². The number of ether oxygens (including phenoxy) is 15. The fraction of sp³-hybridized carbons (Fsp3) is 1.00. The molecule has 6 heterocycles. The third-order valence-electron chi connectivity index (χ3n) is 12.5. The Bertz CT molecular complexity index is 957. The lowest BCUT2D eigenvalue weighted by Gasteiger charge is -2.40. The van der Waals surface area contributed by atoms with Gasteiger partial charge in [0.05, 0.1) is 159 Å². The average Bonchev–Trinajstić information content (AvgIpc) is 4.02. The Morgan fingerprint density at radius 1 is 0.456 bits per heavy atom. The third-order valence-corrected chi connectivity index (χ3v) is 12.5. The van der Waals surface area contributed by atoms with Crippen molar-refractivity contribution in [1.82, 2.24) is 0 Å². The van der Waals surface area contributed by atoms with Crippen LogP contribution in [0.15, 0.2) is 0 Å². The summed E-state index contributed by atoms with van der Waals surface area (Å²) in [4.78, 5) is 0. The standard InChI is InChI=1S/C42H74O15/c1-5-39(21-43-9-33(52-15-36-18-55-36)12-46-24-40(6-2)27-49-28-40,22-44-10-34(53-16-37-19-56-37)13-47-25-41(7-3)29-50-30-41)23-45-11-35(54-17-38-20-57-38)14-48-26-42(8-4)31-51-32-42/h33-38H,5-32H2,1-4H3/t33-,34?,35?,36?,37-,38+,39?/m1/s1. The number of hydrogen-bond donors (Lipinski definition) is 0. The highest BCUT2D eigenvalue weighted by Crippen LogP contribution is 2.33. The van der Waals surface area contributed by atoms with Gasteiger partial charge in [0.2, 0.25) is 0 Å². The van der Waals surface area contributed by atoms with Crippen LogP contribution in [0.5, 0.6) is 0 Å². The van der Waals surface area contributed by atoms with Gasteiger partial charge < -0.3 is 71.1 Å². The smallest absolute Gasteiger partial charge is 0.104 e. The summed E-state index contributed by atoms with van der Waals surface area (Å²) in [6.45, 7) is 22.5. The van der Waals surface area contributed by atoms with Crippen molar-refractivity contribution in [2.45, 2.75) is 90.0 Å². The van der Waals surface area contributed by atoms with E-state index in [1.54, 1.807) is 0 Å². The van der Waals surface area contributed by atoms with Gasteiger partial charge in [-0.25, -0.2) is 0 Å². The van der Waals surface area contributed by atoms with Crippen LogP contribution >= 0.6 is 0 Å². The molecule has 0 aromatic heterocycles. The summed E-state index contributed by atoms with van der Waals surface area (Å²) >= 11 is 0. The molecule has 7 atom stereocenters. The minimum atomic E-state index is -0.457. The second kappa shape index (κ2) is 23.0. The van der Waals surface area contributed by atoms with Crippen LogP contribution < -0.4 is 0 Å². The lowest BCUT2D eigenvalue weighted by Crippen LogP contribution is -2.46. The first kappa shape index (κ1) is 45.9. The molecule has 332 valence electrons. The molecular formula is C42H74O15. The zero-order valence-electron chi connectivity index (χ0n) is 35.4. The van der Waals surface area contributed by atoms with Crippen LogP contribution in [0.1, 0.15) is 53.4 Å². The molecule has 15 heteroatoms. The maximum atomic E-state index is 6.51. The van der Waals surface area contributed by atoms with Crippen molar-refractivity contribution in [1.29, 1.82) is 0 Å². The molecule has 15 nitrogen and oxygen atoms in total. The van der Waals surface area contributed by atoms with E-state index in [0.717, 1.165) is 85.1 Å². The fourth-order valence-electron chi connectivity index (χ4n) is 6.87. The van der Waals surface area contributed by atoms with Crippen molar-refractivity contribution in [2.75, 3.05) is 159 Å². The van der Waals surface area contributed by atoms with E-state index in [-0.39, 0.29) is 52.9 Å². The first-order chi connectivity index (χ1) is 27.8. The van der Waals surface area contributed by atoms with Crippen LogP contribution in [-0.4, -0.2) is 195 Å². The summed E-state index contributed by atoms with van der Waals surface area (Å²) in [5.41, 5.74) is -0.166. The van der Waals surface area contributed by atoms with Gasteiger partial charge in [-0.1, -0.05) is 27.7 Å². The number of rotatable bonds is 37. The van der Waals surface area contributed by atoms with Gasteiger partial charge in [-0.3, -0.25) is 0 Å². The average molecular weight is 819 g/mol. The summed E-state index contributed by atoms with van der Waals surface area (Å²) in [7, 11) is 0. The van der Waals surface area contributed by atoms with Crippen molar-refractivity contribution in [2.24, 2.45) is 21.7 Å². The Hall–Kier alpha value is -0.600. The molecule has 6 aliphatic heterocycles. The monoisotopic (exact) mass is 819 g/mol. The molecule has 4 unspecified atom stereocenters. The lowest BCUT2D eigenvalue weighted by atomic mass is 9.84. The number of epoxide rings is 3. The topological polar surface area (TPSA) is 148 Å². The predicted molar refractivity (Wildman–Crippen MR) is 207 cm³/mol. The van der Waals surface area contributed by atoms with E-state index in [4.69, 9.17) is 71.1 Å². The normalized spacial score (nSPS) is 27.7. The van der Waals surface area contributed by atoms with Gasteiger partial charge >= 0.3 is 0 Å². The van der Waals surface area contributed by atoms with Crippen LogP contribution in [0.25, 0.3) is 0 Å². The minimum Gasteiger partial charge on any atom is -0.380 e. The molecule has 6 saturated heterocycles. The van der Waals surface area contributed by atoms with Crippen LogP contribution in [-0.2, 0) is 71.1 Å². The Morgan fingerprint density at radius 2 is 0.737 bits per heavy atom. The van der Waals surface area contributed by atoms with Gasteiger partial charge in [0.15, 0.2) is 0 Å². The van der Waals surface area contributed by atoms with Crippen molar-refractivity contribution >= 4 is 0 Å². The molecule has 57 heavy (non-hydrogen) atoms. The molecule has 0 aromatic rings. The summed E-state index contributed by atoms with van der Waals surface area (Å²) in [5.74, 6) is 0. The maximum absolute atomic E-state index is 6.51. The summed E-state index contributed by atoms with van der Waals surface area (Å²) in [6.07, 6.45) is 3.55. The minimum absolute atomic E-state index is 0.0969. The molecule has 0 aromatic carbocycles. The Kier molecular flexibility index (Phi) is 18.5. The van der Waals surface area contributed by atoms with E-state index < -0.39 is 5.41 Å². The molecule has 6 rings (SSSR count). The van der Waals surface area contributed by atoms with Crippen LogP contribution in [0.4, 0.5) is 0 Å². The van der Waals surface area contributed by atoms with Gasteiger partial charge in [0, 0.05) is 21.7 Å². The van der Waals surface area contributed by atoms with Gasteiger partial charge in [-0.15, -0.1) is 0 Å². The molecule has 0 spiro atoms. The first-order valence-corrected chi connectivity index (χ1v) is 21.7. The Morgan fingerprint density at radius 3 is 0.947 bits per heavy atom. The molecule has 0 amide bonds. The van der Waals surface area contributed by atoms with E-state index >= 15 is 0 Å². The Balaban J connectivity index is 1.03. The number of hydrogen-bond acceptors (Lipinski definition) is 15. The summed E-state index contributed by atoms with van der Waals surface area (Å²) in [5, 5.41) is 0. The van der Waals surface area contributed by atoms with E-state index in [9.17, 15) is 0 Å². The zero-order valence-corrected chi connectivity index (χ0v) is 35.4. The second-order valence-electron chi connectivity index (χ2n) is 17.7. The van der Waals surface area contributed by atoms with Crippen molar-refractivity contribution in [3.05, 3.63) is 0 Å².